The van der Waals surface area contributed by atoms with E-state index in [9.17, 15) is 0 Å². The van der Waals surface area contributed by atoms with Crippen molar-refractivity contribution in [2.24, 2.45) is 0 Å². The van der Waals surface area contributed by atoms with Crippen molar-refractivity contribution < 1.29 is 30.4 Å². The van der Waals surface area contributed by atoms with Crippen LogP contribution in [0.5, 0.6) is 11.5 Å². The number of hydrogen-bond donors (Lipinski definition) is 0. The van der Waals surface area contributed by atoms with E-state index < -0.39 is 0 Å². The Morgan fingerprint density at radius 3 is 1.96 bits per heavy atom. The summed E-state index contributed by atoms with van der Waals surface area (Å²) in [5, 5.41) is 3.51. The van der Waals surface area contributed by atoms with Gasteiger partial charge in [0, 0.05) is 50.0 Å². The van der Waals surface area contributed by atoms with Crippen LogP contribution in [0, 0.1) is 18.5 Å². The van der Waals surface area contributed by atoms with Gasteiger partial charge in [-0.15, -0.1) is 29.7 Å². The summed E-state index contributed by atoms with van der Waals surface area (Å²) in [5.74, 6) is 1.95. The van der Waals surface area contributed by atoms with Gasteiger partial charge < -0.3 is 13.9 Å². The molecule has 70 heavy (non-hydrogen) atoms. The number of ether oxygens (including phenoxy) is 1. The maximum atomic E-state index is 6.80. The van der Waals surface area contributed by atoms with Crippen LogP contribution >= 0.6 is 0 Å². The zero-order chi connectivity index (χ0) is 46.2. The number of nitrogens with zero attached hydrogens (tertiary/aromatic N) is 5. The first kappa shape index (κ1) is 43.1. The Morgan fingerprint density at radius 2 is 1.21 bits per heavy atom. The second-order valence-corrected chi connectivity index (χ2v) is 18.6. The van der Waals surface area contributed by atoms with Gasteiger partial charge in [-0.05, 0) is 85.1 Å². The van der Waals surface area contributed by atoms with E-state index in [1.807, 2.05) is 71.4 Å². The molecule has 8 aromatic carbocycles. The van der Waals surface area contributed by atoms with Crippen LogP contribution in [0.4, 0.5) is 0 Å². The molecule has 0 aliphatic heterocycles. The largest absolute Gasteiger partial charge is 0.510 e. The average molecular weight is 1080 g/mol. The van der Waals surface area contributed by atoms with Crippen LogP contribution in [0.3, 0.4) is 0 Å². The van der Waals surface area contributed by atoms with E-state index in [-0.39, 0.29) is 26.5 Å². The number of rotatable bonds is 7. The molecule has 338 valence electrons. The van der Waals surface area contributed by atoms with Gasteiger partial charge in [0.15, 0.2) is 0 Å². The maximum Gasteiger partial charge on any atom is 0.268 e. The van der Waals surface area contributed by atoms with Crippen molar-refractivity contribution >= 4 is 32.7 Å². The molecule has 12 aromatic rings. The first-order valence-corrected chi connectivity index (χ1v) is 23.3. The van der Waals surface area contributed by atoms with Crippen molar-refractivity contribution in [3.8, 4) is 84.7 Å². The molecule has 0 saturated heterocycles. The molecular formula is C63H43N5OPt-2. The van der Waals surface area contributed by atoms with E-state index >= 15 is 0 Å². The van der Waals surface area contributed by atoms with Crippen LogP contribution < -0.4 is 9.30 Å². The van der Waals surface area contributed by atoms with E-state index in [1.54, 1.807) is 0 Å². The number of pyridine rings is 2. The van der Waals surface area contributed by atoms with Crippen LogP contribution in [0.2, 0.25) is 0 Å². The molecule has 0 atom stereocenters. The molecule has 0 unspecified atom stereocenters. The third-order valence-electron chi connectivity index (χ3n) is 13.3. The monoisotopic (exact) mass is 1080 g/mol. The van der Waals surface area contributed by atoms with Gasteiger partial charge in [-0.25, -0.2) is 9.97 Å². The van der Waals surface area contributed by atoms with Gasteiger partial charge >= 0.3 is 0 Å². The summed E-state index contributed by atoms with van der Waals surface area (Å²) in [6.45, 7) is 6.73. The van der Waals surface area contributed by atoms with Gasteiger partial charge in [0.25, 0.3) is 6.33 Å². The predicted molar refractivity (Wildman–Crippen MR) is 277 cm³/mol. The number of imidazole rings is 1. The summed E-state index contributed by atoms with van der Waals surface area (Å²) in [4.78, 5) is 10.2. The summed E-state index contributed by atoms with van der Waals surface area (Å²) >= 11 is 0. The Hall–Kier alpha value is -8.18. The first-order valence-electron chi connectivity index (χ1n) is 23.3. The van der Waals surface area contributed by atoms with Gasteiger partial charge in [0.05, 0.1) is 28.1 Å². The summed E-state index contributed by atoms with van der Waals surface area (Å²) in [7, 11) is 0. The Labute approximate surface area is 421 Å². The fraction of sp³-hybridized carbons (Fsp3) is 0.0635. The Balaban J connectivity index is 0.00000505. The fourth-order valence-corrected chi connectivity index (χ4v) is 10.0. The molecule has 1 aliphatic carbocycles. The van der Waals surface area contributed by atoms with Crippen molar-refractivity contribution in [2.75, 3.05) is 0 Å². The minimum atomic E-state index is -0.0908. The van der Waals surface area contributed by atoms with E-state index in [0.29, 0.717) is 11.5 Å². The summed E-state index contributed by atoms with van der Waals surface area (Å²) in [6, 6.07) is 77.2. The number of hydrogen-bond acceptors (Lipinski definition) is 3. The molecule has 0 amide bonds. The quantitative estimate of drug-likeness (QED) is 0.118. The predicted octanol–water partition coefficient (Wildman–Crippen LogP) is 14.9. The molecule has 1 aliphatic rings. The molecule has 4 aromatic heterocycles. The summed E-state index contributed by atoms with van der Waals surface area (Å²) in [5.41, 5.74) is 16.5. The van der Waals surface area contributed by atoms with Crippen molar-refractivity contribution in [3.05, 3.63) is 230 Å². The average Bonchev–Trinajstić information content (AvgIpc) is 3.92. The van der Waals surface area contributed by atoms with E-state index in [0.717, 1.165) is 78.5 Å². The van der Waals surface area contributed by atoms with E-state index in [2.05, 4.69) is 188 Å². The van der Waals surface area contributed by atoms with Crippen LogP contribution in [0.15, 0.2) is 206 Å². The molecule has 0 fully saturated rings. The molecule has 0 bridgehead atoms. The van der Waals surface area contributed by atoms with Gasteiger partial charge in [0.2, 0.25) is 0 Å². The second-order valence-electron chi connectivity index (χ2n) is 18.6. The van der Waals surface area contributed by atoms with Crippen molar-refractivity contribution in [2.45, 2.75) is 26.2 Å². The zero-order valence-electron chi connectivity index (χ0n) is 38.6. The molecule has 6 nitrogen and oxygen atoms in total. The molecule has 0 N–H and O–H groups in total. The minimum Gasteiger partial charge on any atom is -0.510 e. The molecule has 0 spiro atoms. The molecule has 7 heteroatoms. The fourth-order valence-electron chi connectivity index (χ4n) is 10.0. The van der Waals surface area contributed by atoms with Crippen molar-refractivity contribution in [3.63, 3.8) is 0 Å². The van der Waals surface area contributed by atoms with Crippen molar-refractivity contribution in [1.82, 2.24) is 19.1 Å². The van der Waals surface area contributed by atoms with Crippen molar-refractivity contribution in [1.29, 1.82) is 0 Å². The summed E-state index contributed by atoms with van der Waals surface area (Å²) in [6.07, 6.45) is 5.62. The van der Waals surface area contributed by atoms with E-state index in [1.165, 1.54) is 33.0 Å². The standard InChI is InChI=1S/C63H43N5O.Pt/c1-63(2,3)44-33-34-64-59(35-44)68-58-39-48(31-32-52(58)61-53-28-15-22-43-21-14-27-50(60(43)53)49-25-10-11-26-51(49)62(61)68)69-47-24-16-23-45(36-47)66-40-67(57-30-13-12-29-56(57)66)46-37-54(41-17-6-4-7-18-41)65-55(38-46)42-19-8-5-9-20-42;/h4-35,37-38H,1-3H3;/q-2;. The van der Waals surface area contributed by atoms with Crippen LogP contribution in [0.1, 0.15) is 26.3 Å². The zero-order valence-corrected chi connectivity index (χ0v) is 40.9. The van der Waals surface area contributed by atoms with Crippen LogP contribution in [-0.2, 0) is 26.5 Å². The number of benzene rings is 8. The van der Waals surface area contributed by atoms with Gasteiger partial charge in [0.1, 0.15) is 5.82 Å². The number of fused-ring (bicyclic) bond motifs is 8. The minimum absolute atomic E-state index is 0. The van der Waals surface area contributed by atoms with Gasteiger partial charge in [-0.2, -0.15) is 18.2 Å². The van der Waals surface area contributed by atoms with E-state index in [4.69, 9.17) is 14.7 Å². The summed E-state index contributed by atoms with van der Waals surface area (Å²) < 4.78 is 13.3. The Kier molecular flexibility index (Phi) is 10.5. The van der Waals surface area contributed by atoms with Crippen LogP contribution in [-0.4, -0.2) is 19.1 Å². The Bertz CT molecular complexity index is 3920. The topological polar surface area (TPSA) is 48.8 Å². The van der Waals surface area contributed by atoms with Gasteiger partial charge in [-0.3, -0.25) is 4.57 Å². The Morgan fingerprint density at radius 1 is 0.571 bits per heavy atom. The molecule has 0 saturated carbocycles. The number of aromatic nitrogens is 5. The molecule has 13 rings (SSSR count). The smallest absolute Gasteiger partial charge is 0.268 e. The first-order chi connectivity index (χ1) is 33.8. The maximum absolute atomic E-state index is 6.80. The molecule has 4 heterocycles. The molecular weight excluding hydrogens is 1040 g/mol. The van der Waals surface area contributed by atoms with Crippen LogP contribution in [0.25, 0.3) is 106 Å². The molecule has 0 radical (unpaired) electrons. The second kappa shape index (κ2) is 17.1. The third-order valence-corrected chi connectivity index (χ3v) is 13.3. The SMILES string of the molecule is CC(C)(C)c1ccnc(-n2c3c(c4ccc(Oc5[c-]c(-n6[c-][n+](-c7cc(-c8ccccc8)nc(-c8ccccc8)c7)c7ccccc76)ccc5)[c-]c42)-c2cccc4cccc(c24)-c2ccccc2-3)c1.[Pt]. The third kappa shape index (κ3) is 7.26. The normalized spacial score (nSPS) is 11.8. The number of para-hydroxylation sites is 2. The van der Waals surface area contributed by atoms with Gasteiger partial charge in [-0.1, -0.05) is 172 Å².